The maximum Gasteiger partial charge on any atom is 0.221 e. The van der Waals surface area contributed by atoms with E-state index >= 15 is 0 Å². The van der Waals surface area contributed by atoms with Gasteiger partial charge in [0.25, 0.3) is 0 Å². The molecule has 0 unspecified atom stereocenters. The van der Waals surface area contributed by atoms with E-state index in [0.29, 0.717) is 19.4 Å². The van der Waals surface area contributed by atoms with Gasteiger partial charge < -0.3 is 27.2 Å². The maximum absolute atomic E-state index is 11.9. The minimum atomic E-state index is -0.777. The third-order valence-corrected chi connectivity index (χ3v) is 5.78. The van der Waals surface area contributed by atoms with Crippen molar-refractivity contribution in [2.24, 2.45) is 11.5 Å². The van der Waals surface area contributed by atoms with Crippen LogP contribution in [0.25, 0.3) is 0 Å². The molecule has 0 aliphatic carbocycles. The second-order valence-electron chi connectivity index (χ2n) is 9.28. The van der Waals surface area contributed by atoms with Crippen molar-refractivity contribution in [1.82, 2.24) is 10.6 Å². The Morgan fingerprint density at radius 2 is 1.33 bits per heavy atom. The lowest BCUT2D eigenvalue weighted by atomic mass is 10.0. The van der Waals surface area contributed by atoms with E-state index in [2.05, 4.69) is 17.6 Å². The fraction of sp³-hybridized carbons (Fsp3) is 0.880. The van der Waals surface area contributed by atoms with Crippen LogP contribution in [0.1, 0.15) is 116 Å². The third-order valence-electron chi connectivity index (χ3n) is 5.78. The van der Waals surface area contributed by atoms with Crippen LogP contribution in [0.2, 0.25) is 0 Å². The summed E-state index contributed by atoms with van der Waals surface area (Å²) in [7, 11) is 0. The number of amides is 2. The summed E-state index contributed by atoms with van der Waals surface area (Å²) >= 11 is 0. The van der Waals surface area contributed by atoms with Crippen molar-refractivity contribution in [3.05, 3.63) is 0 Å². The van der Waals surface area contributed by atoms with Gasteiger partial charge in [-0.1, -0.05) is 84.0 Å². The zero-order chi connectivity index (χ0) is 24.7. The van der Waals surface area contributed by atoms with E-state index < -0.39 is 12.1 Å². The van der Waals surface area contributed by atoms with Crippen LogP contribution >= 0.6 is 0 Å². The molecule has 0 saturated carbocycles. The van der Waals surface area contributed by atoms with Crippen molar-refractivity contribution in [2.45, 2.75) is 128 Å². The Labute approximate surface area is 201 Å². The third kappa shape index (κ3) is 23.3. The minimum absolute atomic E-state index is 0.0181. The predicted octanol–water partition coefficient (Wildman–Crippen LogP) is 3.49. The van der Waals surface area contributed by atoms with Gasteiger partial charge in [0.2, 0.25) is 11.8 Å². The largest absolute Gasteiger partial charge is 0.391 e. The predicted molar refractivity (Wildman–Crippen MR) is 136 cm³/mol. The molecule has 0 aliphatic heterocycles. The van der Waals surface area contributed by atoms with E-state index in [1.165, 1.54) is 70.6 Å². The Morgan fingerprint density at radius 3 is 1.85 bits per heavy atom. The number of aliphatic hydroxyl groups excluding tert-OH is 1. The van der Waals surface area contributed by atoms with Crippen LogP contribution in [0.5, 0.6) is 0 Å². The molecule has 0 saturated heterocycles. The number of aliphatic hydroxyl groups is 1. The van der Waals surface area contributed by atoms with E-state index in [9.17, 15) is 14.7 Å². The molecular weight excluding hydrogens is 418 g/mol. The summed E-state index contributed by atoms with van der Waals surface area (Å²) in [5.74, 6) is -0.264. The van der Waals surface area contributed by atoms with Crippen molar-refractivity contribution < 1.29 is 14.7 Å². The molecule has 2 atom stereocenters. The quantitative estimate of drug-likeness (QED) is 0.0767. The highest BCUT2D eigenvalue weighted by molar-refractivity contribution is 5.79. The Kier molecular flexibility index (Phi) is 21.0. The lowest BCUT2D eigenvalue weighted by Crippen LogP contribution is -2.38. The first kappa shape index (κ1) is 31.3. The average molecular weight is 470 g/mol. The van der Waals surface area contributed by atoms with E-state index in [4.69, 9.17) is 16.9 Å². The Hall–Kier alpha value is -1.67. The molecule has 8 N–H and O–H groups in total. The second-order valence-corrected chi connectivity index (χ2v) is 9.28. The number of rotatable bonds is 23. The van der Waals surface area contributed by atoms with Crippen LogP contribution in [-0.2, 0) is 9.59 Å². The smallest absolute Gasteiger partial charge is 0.221 e. The highest BCUT2D eigenvalue weighted by Crippen LogP contribution is 2.13. The molecule has 0 aliphatic rings. The maximum atomic E-state index is 11.9. The number of amidine groups is 1. The highest BCUT2D eigenvalue weighted by atomic mass is 16.3. The van der Waals surface area contributed by atoms with Gasteiger partial charge in [0.05, 0.1) is 11.9 Å². The lowest BCUT2D eigenvalue weighted by molar-refractivity contribution is -0.122. The van der Waals surface area contributed by atoms with Gasteiger partial charge >= 0.3 is 0 Å². The van der Waals surface area contributed by atoms with Crippen molar-refractivity contribution in [2.75, 3.05) is 13.1 Å². The molecule has 0 bridgehead atoms. The summed E-state index contributed by atoms with van der Waals surface area (Å²) in [6.45, 7) is 2.71. The first-order valence-corrected chi connectivity index (χ1v) is 13.1. The first-order chi connectivity index (χ1) is 15.8. The van der Waals surface area contributed by atoms with Gasteiger partial charge in [-0.2, -0.15) is 0 Å². The summed E-state index contributed by atoms with van der Waals surface area (Å²) < 4.78 is 0. The second kappa shape index (κ2) is 22.1. The van der Waals surface area contributed by atoms with Crippen LogP contribution in [0.3, 0.4) is 0 Å². The van der Waals surface area contributed by atoms with E-state index in [-0.39, 0.29) is 37.0 Å². The van der Waals surface area contributed by atoms with Gasteiger partial charge in [0.1, 0.15) is 0 Å². The average Bonchev–Trinajstić information content (AvgIpc) is 2.75. The summed E-state index contributed by atoms with van der Waals surface area (Å²) in [5, 5.41) is 22.5. The van der Waals surface area contributed by atoms with Gasteiger partial charge in [-0.05, 0) is 12.8 Å². The van der Waals surface area contributed by atoms with Gasteiger partial charge in [-0.3, -0.25) is 15.0 Å². The molecule has 0 rings (SSSR count). The number of nitrogens with one attached hydrogen (secondary N) is 3. The number of carbonyl (C=O) groups is 2. The monoisotopic (exact) mass is 469 g/mol. The van der Waals surface area contributed by atoms with Gasteiger partial charge in [-0.15, -0.1) is 0 Å². The van der Waals surface area contributed by atoms with Crippen molar-refractivity contribution in [1.29, 1.82) is 5.41 Å². The lowest BCUT2D eigenvalue weighted by Gasteiger charge is -2.17. The molecule has 8 heteroatoms. The molecule has 33 heavy (non-hydrogen) atoms. The molecule has 0 fully saturated rings. The van der Waals surface area contributed by atoms with Crippen LogP contribution in [-0.4, -0.2) is 48.0 Å². The SMILES string of the molecule is CCCCCCCCCCCCCCCC(=O)NC[C@H](O)C[C@@H](N)CC(=O)NCCC(=N)N. The van der Waals surface area contributed by atoms with Crippen molar-refractivity contribution >= 4 is 17.6 Å². The fourth-order valence-electron chi connectivity index (χ4n) is 3.79. The zero-order valence-electron chi connectivity index (χ0n) is 21.0. The summed E-state index contributed by atoms with van der Waals surface area (Å²) in [6.07, 6.45) is 16.9. The molecule has 0 heterocycles. The molecule has 0 aromatic rings. The number of hydrogen-bond acceptors (Lipinski definition) is 5. The zero-order valence-corrected chi connectivity index (χ0v) is 21.0. The molecule has 194 valence electrons. The minimum Gasteiger partial charge on any atom is -0.391 e. The number of unbranched alkanes of at least 4 members (excludes halogenated alkanes) is 12. The summed E-state index contributed by atoms with van der Waals surface area (Å²) in [4.78, 5) is 23.7. The standard InChI is InChI=1S/C25H51N5O3/c1-2-3-4-5-6-7-8-9-10-11-12-13-14-15-24(32)30-20-22(31)18-21(26)19-25(33)29-17-16-23(27)28/h21-22,31H,2-20,26H2,1H3,(H3,27,28)(H,29,33)(H,30,32)/t21-,22-/m1/s1. The van der Waals surface area contributed by atoms with Crippen LogP contribution < -0.4 is 22.1 Å². The van der Waals surface area contributed by atoms with Crippen LogP contribution in [0.4, 0.5) is 0 Å². The Balaban J connectivity index is 3.54. The van der Waals surface area contributed by atoms with E-state index in [1.54, 1.807) is 0 Å². The molecular formula is C25H51N5O3. The molecule has 2 amide bonds. The molecule has 0 radical (unpaired) electrons. The molecule has 0 spiro atoms. The summed E-state index contributed by atoms with van der Waals surface area (Å²) in [5.41, 5.74) is 11.1. The van der Waals surface area contributed by atoms with Gasteiger partial charge in [0, 0.05) is 38.4 Å². The molecule has 0 aromatic heterocycles. The Morgan fingerprint density at radius 1 is 0.818 bits per heavy atom. The van der Waals surface area contributed by atoms with E-state index in [0.717, 1.165) is 12.8 Å². The van der Waals surface area contributed by atoms with Gasteiger partial charge in [-0.25, -0.2) is 0 Å². The normalized spacial score (nSPS) is 12.8. The topological polar surface area (TPSA) is 154 Å². The van der Waals surface area contributed by atoms with Crippen molar-refractivity contribution in [3.63, 3.8) is 0 Å². The number of nitrogens with two attached hydrogens (primary N) is 2. The highest BCUT2D eigenvalue weighted by Gasteiger charge is 2.15. The van der Waals surface area contributed by atoms with Crippen LogP contribution in [0.15, 0.2) is 0 Å². The number of carbonyl (C=O) groups excluding carboxylic acids is 2. The Bertz CT molecular complexity index is 516. The fourth-order valence-corrected chi connectivity index (χ4v) is 3.79. The first-order valence-electron chi connectivity index (χ1n) is 13.1. The van der Waals surface area contributed by atoms with Crippen LogP contribution in [0, 0.1) is 5.41 Å². The van der Waals surface area contributed by atoms with Crippen molar-refractivity contribution in [3.8, 4) is 0 Å². The van der Waals surface area contributed by atoms with E-state index in [1.807, 2.05) is 0 Å². The summed E-state index contributed by atoms with van der Waals surface area (Å²) in [6, 6.07) is -0.490. The molecule has 0 aromatic carbocycles. The number of hydrogen-bond donors (Lipinski definition) is 6. The molecule has 8 nitrogen and oxygen atoms in total. The van der Waals surface area contributed by atoms with Gasteiger partial charge in [0.15, 0.2) is 0 Å².